The number of hydrogen-bond acceptors (Lipinski definition) is 2. The molecular weight excluding hydrogens is 300 g/mol. The minimum Gasteiger partial charge on any atom is -0.371 e. The second-order valence-electron chi connectivity index (χ2n) is 5.90. The zero-order valence-corrected chi connectivity index (χ0v) is 13.8. The number of rotatable bonds is 4. The van der Waals surface area contributed by atoms with E-state index in [-0.39, 0.29) is 0 Å². The SMILES string of the molecule is CCNCc1cc(Br)ccc1N1CC(C)CC(C)C1. The maximum atomic E-state index is 3.59. The molecule has 1 N–H and O–H groups in total. The first kappa shape index (κ1) is 14.9. The largest absolute Gasteiger partial charge is 0.371 e. The molecule has 1 aromatic rings. The van der Waals surface area contributed by atoms with Gasteiger partial charge >= 0.3 is 0 Å². The van der Waals surface area contributed by atoms with Gasteiger partial charge in [-0.25, -0.2) is 0 Å². The van der Waals surface area contributed by atoms with Gasteiger partial charge in [-0.3, -0.25) is 0 Å². The smallest absolute Gasteiger partial charge is 0.0412 e. The number of anilines is 1. The van der Waals surface area contributed by atoms with E-state index in [0.717, 1.165) is 24.9 Å². The van der Waals surface area contributed by atoms with Crippen LogP contribution in [0.1, 0.15) is 32.8 Å². The van der Waals surface area contributed by atoms with Gasteiger partial charge in [-0.05, 0) is 48.6 Å². The van der Waals surface area contributed by atoms with E-state index in [1.54, 1.807) is 0 Å². The van der Waals surface area contributed by atoms with Gasteiger partial charge in [0, 0.05) is 29.8 Å². The molecule has 0 aliphatic carbocycles. The predicted molar refractivity (Wildman–Crippen MR) is 86.7 cm³/mol. The van der Waals surface area contributed by atoms with Crippen LogP contribution in [0.25, 0.3) is 0 Å². The molecule has 1 aliphatic heterocycles. The first-order valence-electron chi connectivity index (χ1n) is 7.34. The molecule has 1 heterocycles. The lowest BCUT2D eigenvalue weighted by molar-refractivity contribution is 0.356. The highest BCUT2D eigenvalue weighted by Gasteiger charge is 2.23. The van der Waals surface area contributed by atoms with Gasteiger partial charge in [-0.2, -0.15) is 0 Å². The molecular formula is C16H25BrN2. The number of nitrogens with one attached hydrogen (secondary N) is 1. The Morgan fingerprint density at radius 1 is 1.26 bits per heavy atom. The van der Waals surface area contributed by atoms with Crippen LogP contribution in [0.3, 0.4) is 0 Å². The van der Waals surface area contributed by atoms with Crippen LogP contribution in [-0.2, 0) is 6.54 Å². The van der Waals surface area contributed by atoms with Crippen molar-refractivity contribution in [1.82, 2.24) is 5.32 Å². The van der Waals surface area contributed by atoms with Crippen molar-refractivity contribution < 1.29 is 0 Å². The van der Waals surface area contributed by atoms with Gasteiger partial charge in [0.25, 0.3) is 0 Å². The average molecular weight is 325 g/mol. The standard InChI is InChI=1S/C16H25BrN2/c1-4-18-9-14-8-15(17)5-6-16(14)19-10-12(2)7-13(3)11-19/h5-6,8,12-13,18H,4,7,9-11H2,1-3H3. The van der Waals surface area contributed by atoms with Crippen molar-refractivity contribution in [2.24, 2.45) is 11.8 Å². The molecule has 0 aromatic heterocycles. The fourth-order valence-electron chi connectivity index (χ4n) is 3.12. The Bertz CT molecular complexity index is 409. The van der Waals surface area contributed by atoms with Gasteiger partial charge in [-0.1, -0.05) is 36.7 Å². The molecule has 2 nitrogen and oxygen atoms in total. The van der Waals surface area contributed by atoms with Gasteiger partial charge in [0.05, 0.1) is 0 Å². The Labute approximate surface area is 125 Å². The number of benzene rings is 1. The van der Waals surface area contributed by atoms with Crippen LogP contribution >= 0.6 is 15.9 Å². The Balaban J connectivity index is 2.22. The van der Waals surface area contributed by atoms with E-state index in [0.29, 0.717) is 0 Å². The molecule has 0 bridgehead atoms. The number of halogens is 1. The van der Waals surface area contributed by atoms with Crippen molar-refractivity contribution >= 4 is 21.6 Å². The van der Waals surface area contributed by atoms with Crippen LogP contribution < -0.4 is 10.2 Å². The van der Waals surface area contributed by atoms with Crippen molar-refractivity contribution in [2.75, 3.05) is 24.5 Å². The van der Waals surface area contributed by atoms with Gasteiger partial charge < -0.3 is 10.2 Å². The fraction of sp³-hybridized carbons (Fsp3) is 0.625. The van der Waals surface area contributed by atoms with E-state index in [1.165, 1.54) is 35.2 Å². The average Bonchev–Trinajstić information content (AvgIpc) is 2.35. The minimum absolute atomic E-state index is 0.791. The lowest BCUT2D eigenvalue weighted by Crippen LogP contribution is -2.39. The van der Waals surface area contributed by atoms with E-state index in [4.69, 9.17) is 0 Å². The summed E-state index contributed by atoms with van der Waals surface area (Å²) in [6.07, 6.45) is 1.36. The molecule has 19 heavy (non-hydrogen) atoms. The zero-order chi connectivity index (χ0) is 13.8. The Kier molecular flexibility index (Phi) is 5.28. The molecule has 0 radical (unpaired) electrons. The lowest BCUT2D eigenvalue weighted by Gasteiger charge is -2.37. The number of hydrogen-bond donors (Lipinski definition) is 1. The molecule has 1 saturated heterocycles. The molecule has 0 spiro atoms. The third kappa shape index (κ3) is 3.96. The summed E-state index contributed by atoms with van der Waals surface area (Å²) in [7, 11) is 0. The third-order valence-corrected chi connectivity index (χ3v) is 4.31. The second-order valence-corrected chi connectivity index (χ2v) is 6.82. The van der Waals surface area contributed by atoms with Gasteiger partial charge in [-0.15, -0.1) is 0 Å². The van der Waals surface area contributed by atoms with Gasteiger partial charge in [0.2, 0.25) is 0 Å². The minimum atomic E-state index is 0.791. The van der Waals surface area contributed by atoms with Crippen molar-refractivity contribution in [3.8, 4) is 0 Å². The summed E-state index contributed by atoms with van der Waals surface area (Å²) in [6.45, 7) is 11.2. The molecule has 1 fully saturated rings. The molecule has 2 unspecified atom stereocenters. The van der Waals surface area contributed by atoms with E-state index in [2.05, 4.69) is 65.1 Å². The Morgan fingerprint density at radius 2 is 1.95 bits per heavy atom. The van der Waals surface area contributed by atoms with Crippen LogP contribution in [0.4, 0.5) is 5.69 Å². The van der Waals surface area contributed by atoms with Gasteiger partial charge in [0.15, 0.2) is 0 Å². The summed E-state index contributed by atoms with van der Waals surface area (Å²) in [5.41, 5.74) is 2.81. The Hall–Kier alpha value is -0.540. The first-order chi connectivity index (χ1) is 9.10. The topological polar surface area (TPSA) is 15.3 Å². The van der Waals surface area contributed by atoms with E-state index in [1.807, 2.05) is 0 Å². The molecule has 0 saturated carbocycles. The first-order valence-corrected chi connectivity index (χ1v) is 8.13. The van der Waals surface area contributed by atoms with Crippen molar-refractivity contribution in [2.45, 2.75) is 33.7 Å². The van der Waals surface area contributed by atoms with Crippen LogP contribution in [-0.4, -0.2) is 19.6 Å². The summed E-state index contributed by atoms with van der Waals surface area (Å²) in [5, 5.41) is 3.45. The maximum Gasteiger partial charge on any atom is 0.0412 e. The number of piperidine rings is 1. The zero-order valence-electron chi connectivity index (χ0n) is 12.2. The highest BCUT2D eigenvalue weighted by molar-refractivity contribution is 9.10. The summed E-state index contributed by atoms with van der Waals surface area (Å²) >= 11 is 3.59. The fourth-order valence-corrected chi connectivity index (χ4v) is 3.53. The lowest BCUT2D eigenvalue weighted by atomic mass is 9.91. The van der Waals surface area contributed by atoms with Crippen LogP contribution in [0.15, 0.2) is 22.7 Å². The molecule has 2 rings (SSSR count). The van der Waals surface area contributed by atoms with E-state index in [9.17, 15) is 0 Å². The predicted octanol–water partition coefficient (Wildman–Crippen LogP) is 4.04. The third-order valence-electron chi connectivity index (χ3n) is 3.82. The normalized spacial score (nSPS) is 23.7. The summed E-state index contributed by atoms with van der Waals surface area (Å²) in [6, 6.07) is 6.68. The van der Waals surface area contributed by atoms with E-state index >= 15 is 0 Å². The second kappa shape index (κ2) is 6.76. The molecule has 106 valence electrons. The van der Waals surface area contributed by atoms with Crippen LogP contribution in [0.2, 0.25) is 0 Å². The summed E-state index contributed by atoms with van der Waals surface area (Å²) in [5.74, 6) is 1.58. The molecule has 1 aliphatic rings. The molecule has 2 atom stereocenters. The monoisotopic (exact) mass is 324 g/mol. The summed E-state index contributed by atoms with van der Waals surface area (Å²) < 4.78 is 1.17. The highest BCUT2D eigenvalue weighted by atomic mass is 79.9. The van der Waals surface area contributed by atoms with Gasteiger partial charge in [0.1, 0.15) is 0 Å². The van der Waals surface area contributed by atoms with Crippen LogP contribution in [0.5, 0.6) is 0 Å². The molecule has 1 aromatic carbocycles. The van der Waals surface area contributed by atoms with Crippen molar-refractivity contribution in [3.05, 3.63) is 28.2 Å². The Morgan fingerprint density at radius 3 is 2.58 bits per heavy atom. The van der Waals surface area contributed by atoms with Crippen molar-refractivity contribution in [3.63, 3.8) is 0 Å². The highest BCUT2D eigenvalue weighted by Crippen LogP contribution is 2.30. The summed E-state index contributed by atoms with van der Waals surface area (Å²) in [4.78, 5) is 2.57. The van der Waals surface area contributed by atoms with E-state index < -0.39 is 0 Å². The molecule has 3 heteroatoms. The van der Waals surface area contributed by atoms with Crippen LogP contribution in [0, 0.1) is 11.8 Å². The number of nitrogens with zero attached hydrogens (tertiary/aromatic N) is 1. The maximum absolute atomic E-state index is 3.59. The van der Waals surface area contributed by atoms with Crippen molar-refractivity contribution in [1.29, 1.82) is 0 Å². The quantitative estimate of drug-likeness (QED) is 0.899. The molecule has 0 amide bonds.